The van der Waals surface area contributed by atoms with Crippen molar-refractivity contribution in [3.8, 4) is 0 Å². The van der Waals surface area contributed by atoms with Crippen molar-refractivity contribution in [3.05, 3.63) is 22.2 Å². The predicted octanol–water partition coefficient (Wildman–Crippen LogP) is 2.26. The number of rotatable bonds is 9. The van der Waals surface area contributed by atoms with Crippen LogP contribution in [-0.2, 0) is 4.79 Å². The Morgan fingerprint density at radius 2 is 2.24 bits per heavy atom. The molecule has 0 saturated heterocycles. The number of carbonyl (C=O) groups is 1. The Bertz CT molecular complexity index is 507. The van der Waals surface area contributed by atoms with E-state index in [9.17, 15) is 14.9 Å². The average Bonchev–Trinajstić information content (AvgIpc) is 2.42. The molecular formula is C13H20N4O4. The van der Waals surface area contributed by atoms with Crippen molar-refractivity contribution in [3.63, 3.8) is 0 Å². The first kappa shape index (κ1) is 16.7. The van der Waals surface area contributed by atoms with Gasteiger partial charge in [-0.2, -0.15) is 0 Å². The van der Waals surface area contributed by atoms with Gasteiger partial charge in [-0.25, -0.2) is 4.98 Å². The molecule has 0 aliphatic rings. The van der Waals surface area contributed by atoms with E-state index >= 15 is 0 Å². The molecule has 0 saturated carbocycles. The lowest BCUT2D eigenvalue weighted by Crippen LogP contribution is -2.11. The normalized spacial score (nSPS) is 11.9. The number of aliphatic carboxylic acids is 1. The van der Waals surface area contributed by atoms with Gasteiger partial charge in [0.1, 0.15) is 5.82 Å². The Kier molecular flexibility index (Phi) is 6.38. The van der Waals surface area contributed by atoms with Gasteiger partial charge in [0.05, 0.1) is 4.92 Å². The van der Waals surface area contributed by atoms with Gasteiger partial charge in [-0.05, 0) is 24.8 Å². The summed E-state index contributed by atoms with van der Waals surface area (Å²) in [5.74, 6) is -0.107. The number of nitrogens with zero attached hydrogens (tertiary/aromatic N) is 2. The van der Waals surface area contributed by atoms with E-state index in [1.54, 1.807) is 0 Å². The van der Waals surface area contributed by atoms with Crippen LogP contribution in [0.1, 0.15) is 32.6 Å². The molecule has 1 atom stereocenters. The Hall–Kier alpha value is -2.38. The van der Waals surface area contributed by atoms with Crippen molar-refractivity contribution in [2.75, 3.05) is 17.6 Å². The van der Waals surface area contributed by atoms with Crippen LogP contribution in [0.4, 0.5) is 17.3 Å². The summed E-state index contributed by atoms with van der Waals surface area (Å²) >= 11 is 0. The quantitative estimate of drug-likeness (QED) is 0.470. The van der Waals surface area contributed by atoms with Gasteiger partial charge in [0, 0.05) is 19.0 Å². The van der Waals surface area contributed by atoms with Gasteiger partial charge in [0.2, 0.25) is 5.82 Å². The maximum Gasteiger partial charge on any atom is 0.311 e. The second kappa shape index (κ2) is 8.03. The van der Waals surface area contributed by atoms with E-state index in [4.69, 9.17) is 10.8 Å². The number of nitrogen functional groups attached to an aromatic ring is 1. The summed E-state index contributed by atoms with van der Waals surface area (Å²) in [7, 11) is 0. The lowest BCUT2D eigenvalue weighted by atomic mass is 9.97. The van der Waals surface area contributed by atoms with Crippen LogP contribution in [0.2, 0.25) is 0 Å². The molecule has 0 spiro atoms. The van der Waals surface area contributed by atoms with Gasteiger partial charge in [-0.1, -0.05) is 13.3 Å². The van der Waals surface area contributed by atoms with Gasteiger partial charge >= 0.3 is 11.7 Å². The fraction of sp³-hybridized carbons (Fsp3) is 0.538. The van der Waals surface area contributed by atoms with E-state index in [0.717, 1.165) is 12.8 Å². The first-order valence-corrected chi connectivity index (χ1v) is 6.80. The minimum absolute atomic E-state index is 0.122. The van der Waals surface area contributed by atoms with E-state index in [1.165, 1.54) is 12.1 Å². The highest BCUT2D eigenvalue weighted by Crippen LogP contribution is 2.21. The molecule has 8 nitrogen and oxygen atoms in total. The first-order valence-electron chi connectivity index (χ1n) is 6.80. The third-order valence-electron chi connectivity index (χ3n) is 3.30. The van der Waals surface area contributed by atoms with Gasteiger partial charge in [0.15, 0.2) is 0 Å². The van der Waals surface area contributed by atoms with Crippen molar-refractivity contribution in [1.82, 2.24) is 4.98 Å². The molecule has 4 N–H and O–H groups in total. The van der Waals surface area contributed by atoms with Gasteiger partial charge in [0.25, 0.3) is 0 Å². The molecular weight excluding hydrogens is 276 g/mol. The standard InChI is InChI=1S/C13H20N4O4/c1-2-9(3-6-12(18)19)7-8-15-11-5-4-10(17(20)21)13(14)16-11/h4-5,9H,2-3,6-8H2,1H3,(H,18,19)(H3,14,15,16). The number of anilines is 2. The summed E-state index contributed by atoms with van der Waals surface area (Å²) in [6, 6.07) is 2.82. The number of nitro groups is 1. The number of nitrogens with two attached hydrogens (primary N) is 1. The monoisotopic (exact) mass is 296 g/mol. The van der Waals surface area contributed by atoms with Gasteiger partial charge < -0.3 is 16.2 Å². The van der Waals surface area contributed by atoms with Crippen molar-refractivity contribution in [2.45, 2.75) is 32.6 Å². The molecule has 8 heteroatoms. The summed E-state index contributed by atoms with van der Waals surface area (Å²) in [4.78, 5) is 24.5. The molecule has 1 aromatic rings. The smallest absolute Gasteiger partial charge is 0.311 e. The SMILES string of the molecule is CCC(CCNc1ccc([N+](=O)[O-])c(N)n1)CCC(=O)O. The van der Waals surface area contributed by atoms with Gasteiger partial charge in [-0.3, -0.25) is 14.9 Å². The summed E-state index contributed by atoms with van der Waals surface area (Å²) in [6.45, 7) is 2.64. The van der Waals surface area contributed by atoms with Gasteiger partial charge in [-0.15, -0.1) is 0 Å². The minimum atomic E-state index is -0.786. The van der Waals surface area contributed by atoms with Crippen LogP contribution in [0.25, 0.3) is 0 Å². The molecule has 1 unspecified atom stereocenters. The van der Waals surface area contributed by atoms with E-state index in [1.807, 2.05) is 6.92 Å². The maximum absolute atomic E-state index is 10.6. The second-order valence-electron chi connectivity index (χ2n) is 4.78. The topological polar surface area (TPSA) is 131 Å². The van der Waals surface area contributed by atoms with Crippen molar-refractivity contribution < 1.29 is 14.8 Å². The maximum atomic E-state index is 10.6. The summed E-state index contributed by atoms with van der Waals surface area (Å²) in [5, 5.41) is 22.3. The van der Waals surface area contributed by atoms with Crippen LogP contribution < -0.4 is 11.1 Å². The molecule has 0 fully saturated rings. The third-order valence-corrected chi connectivity index (χ3v) is 3.30. The molecule has 0 radical (unpaired) electrons. The Morgan fingerprint density at radius 3 is 2.76 bits per heavy atom. The number of aromatic nitrogens is 1. The molecule has 1 aromatic heterocycles. The molecule has 0 amide bonds. The zero-order valence-corrected chi connectivity index (χ0v) is 11.9. The second-order valence-corrected chi connectivity index (χ2v) is 4.78. The fourth-order valence-corrected chi connectivity index (χ4v) is 2.00. The van der Waals surface area contributed by atoms with Crippen LogP contribution in [0.15, 0.2) is 12.1 Å². The Labute approximate surface area is 122 Å². The van der Waals surface area contributed by atoms with Crippen LogP contribution in [-0.4, -0.2) is 27.5 Å². The van der Waals surface area contributed by atoms with Crippen molar-refractivity contribution >= 4 is 23.3 Å². The van der Waals surface area contributed by atoms with E-state index < -0.39 is 10.9 Å². The van der Waals surface area contributed by atoms with Crippen LogP contribution in [0.5, 0.6) is 0 Å². The predicted molar refractivity (Wildman–Crippen MR) is 79.1 cm³/mol. The molecule has 21 heavy (non-hydrogen) atoms. The molecule has 0 aromatic carbocycles. The Balaban J connectivity index is 2.46. The minimum Gasteiger partial charge on any atom is -0.481 e. The van der Waals surface area contributed by atoms with Crippen LogP contribution in [0.3, 0.4) is 0 Å². The van der Waals surface area contributed by atoms with Crippen molar-refractivity contribution in [1.29, 1.82) is 0 Å². The van der Waals surface area contributed by atoms with Crippen molar-refractivity contribution in [2.24, 2.45) is 5.92 Å². The average molecular weight is 296 g/mol. The highest BCUT2D eigenvalue weighted by Gasteiger charge is 2.13. The highest BCUT2D eigenvalue weighted by atomic mass is 16.6. The number of carboxylic acid groups (broad SMARTS) is 1. The number of carboxylic acids is 1. The summed E-state index contributed by atoms with van der Waals surface area (Å²) in [5.41, 5.74) is 5.29. The van der Waals surface area contributed by atoms with E-state index in [-0.39, 0.29) is 17.9 Å². The number of nitrogens with one attached hydrogen (secondary N) is 1. The molecule has 0 bridgehead atoms. The first-order chi connectivity index (χ1) is 9.93. The zero-order valence-electron chi connectivity index (χ0n) is 11.9. The van der Waals surface area contributed by atoms with Crippen LogP contribution in [0, 0.1) is 16.0 Å². The zero-order chi connectivity index (χ0) is 15.8. The fourth-order valence-electron chi connectivity index (χ4n) is 2.00. The molecule has 0 aliphatic heterocycles. The molecule has 1 rings (SSSR count). The lowest BCUT2D eigenvalue weighted by Gasteiger charge is -2.14. The number of pyridine rings is 1. The number of hydrogen-bond acceptors (Lipinski definition) is 6. The molecule has 0 aliphatic carbocycles. The lowest BCUT2D eigenvalue weighted by molar-refractivity contribution is -0.384. The summed E-state index contributed by atoms with van der Waals surface area (Å²) < 4.78 is 0. The largest absolute Gasteiger partial charge is 0.481 e. The molecule has 116 valence electrons. The summed E-state index contributed by atoms with van der Waals surface area (Å²) in [6.07, 6.45) is 2.53. The van der Waals surface area contributed by atoms with E-state index in [2.05, 4.69) is 10.3 Å². The highest BCUT2D eigenvalue weighted by molar-refractivity contribution is 5.66. The van der Waals surface area contributed by atoms with E-state index in [0.29, 0.717) is 24.7 Å². The van der Waals surface area contributed by atoms with Crippen LogP contribution >= 0.6 is 0 Å². The number of hydrogen-bond donors (Lipinski definition) is 3. The Morgan fingerprint density at radius 1 is 1.52 bits per heavy atom. The third kappa shape index (κ3) is 5.64. The molecule has 1 heterocycles.